The first-order valence-corrected chi connectivity index (χ1v) is 12.3. The summed E-state index contributed by atoms with van der Waals surface area (Å²) < 4.78 is 0. The van der Waals surface area contributed by atoms with Crippen LogP contribution in [0.15, 0.2) is 5.10 Å². The van der Waals surface area contributed by atoms with Crippen LogP contribution in [0.25, 0.3) is 0 Å². The van der Waals surface area contributed by atoms with Crippen molar-refractivity contribution in [3.05, 3.63) is 26.1 Å². The highest BCUT2D eigenvalue weighted by molar-refractivity contribution is 8.13. The largest absolute Gasteiger partial charge is 0.357 e. The van der Waals surface area contributed by atoms with Gasteiger partial charge in [-0.15, -0.1) is 11.3 Å². The van der Waals surface area contributed by atoms with Crippen molar-refractivity contribution in [1.82, 2.24) is 10.6 Å². The molecule has 11 heteroatoms. The van der Waals surface area contributed by atoms with Gasteiger partial charge in [0.15, 0.2) is 5.03 Å². The molecule has 0 saturated heterocycles. The monoisotopic (exact) mass is 451 g/mol. The number of amidine groups is 1. The molecule has 2 amide bonds. The van der Waals surface area contributed by atoms with Gasteiger partial charge >= 0.3 is 0 Å². The van der Waals surface area contributed by atoms with Crippen LogP contribution in [-0.2, 0) is 17.6 Å². The molecule has 3 N–H and O–H groups in total. The summed E-state index contributed by atoms with van der Waals surface area (Å²) in [6.07, 6.45) is 7.92. The molecule has 0 aliphatic heterocycles. The third-order valence-electron chi connectivity index (χ3n) is 5.61. The van der Waals surface area contributed by atoms with Crippen LogP contribution >= 0.6 is 23.1 Å². The number of aryl methyl sites for hydroxylation is 1. The summed E-state index contributed by atoms with van der Waals surface area (Å²) in [6, 6.07) is -0.0554. The predicted molar refractivity (Wildman–Crippen MR) is 118 cm³/mol. The Morgan fingerprint density at radius 3 is 2.67 bits per heavy atom. The van der Waals surface area contributed by atoms with E-state index >= 15 is 0 Å². The van der Waals surface area contributed by atoms with Crippen molar-refractivity contribution in [3.8, 4) is 0 Å². The van der Waals surface area contributed by atoms with Crippen molar-refractivity contribution >= 4 is 45.1 Å². The maximum Gasteiger partial charge on any atom is 0.254 e. The number of hydrogen-bond donors (Lipinski definition) is 3. The van der Waals surface area contributed by atoms with E-state index in [0.29, 0.717) is 29.4 Å². The van der Waals surface area contributed by atoms with Crippen LogP contribution < -0.4 is 16.0 Å². The van der Waals surface area contributed by atoms with Crippen molar-refractivity contribution in [3.63, 3.8) is 0 Å². The van der Waals surface area contributed by atoms with E-state index in [1.165, 1.54) is 23.1 Å². The fraction of sp³-hybridized carbons (Fsp3) is 0.632. The van der Waals surface area contributed by atoms with Crippen molar-refractivity contribution in [2.24, 2.45) is 16.9 Å². The van der Waals surface area contributed by atoms with E-state index in [0.717, 1.165) is 49.0 Å². The minimum Gasteiger partial charge on any atom is -0.357 e. The minimum absolute atomic E-state index is 0.0118. The van der Waals surface area contributed by atoms with Crippen LogP contribution in [0, 0.1) is 22.0 Å². The summed E-state index contributed by atoms with van der Waals surface area (Å²) in [5, 5.41) is 23.4. The van der Waals surface area contributed by atoms with Crippen LogP contribution in [0.4, 0.5) is 5.00 Å². The minimum atomic E-state index is -0.708. The van der Waals surface area contributed by atoms with E-state index in [1.54, 1.807) is 6.26 Å². The van der Waals surface area contributed by atoms with Crippen molar-refractivity contribution in [2.45, 2.75) is 51.0 Å². The summed E-state index contributed by atoms with van der Waals surface area (Å²) in [4.78, 5) is 37.2. The van der Waals surface area contributed by atoms with Gasteiger partial charge in [-0.25, -0.2) is 10.1 Å². The summed E-state index contributed by atoms with van der Waals surface area (Å²) in [5.41, 5.74) is 1.50. The maximum atomic E-state index is 13.0. The Morgan fingerprint density at radius 2 is 2.03 bits per heavy atom. The first-order chi connectivity index (χ1) is 14.4. The van der Waals surface area contributed by atoms with Gasteiger partial charge in [-0.1, -0.05) is 11.8 Å². The fourth-order valence-electron chi connectivity index (χ4n) is 3.62. The zero-order valence-corrected chi connectivity index (χ0v) is 18.4. The van der Waals surface area contributed by atoms with Gasteiger partial charge in [0.05, 0.1) is 10.7 Å². The van der Waals surface area contributed by atoms with Gasteiger partial charge in [-0.3, -0.25) is 9.59 Å². The number of nitro groups is 1. The molecule has 162 valence electrons. The highest BCUT2D eigenvalue weighted by atomic mass is 32.2. The SMILES string of the molecule is CSC(=N[N+](=O)[O-])NC1CCc2sc(NC(=O)C3CC3)c(C(=O)NCC3CC3)c2C1. The summed E-state index contributed by atoms with van der Waals surface area (Å²) >= 11 is 2.68. The van der Waals surface area contributed by atoms with Gasteiger partial charge in [0.1, 0.15) is 5.00 Å². The zero-order chi connectivity index (χ0) is 21.3. The normalized spacial score (nSPS) is 21.0. The third-order valence-corrected chi connectivity index (χ3v) is 7.41. The molecule has 2 fully saturated rings. The van der Waals surface area contributed by atoms with E-state index < -0.39 is 5.03 Å². The number of amides is 2. The van der Waals surface area contributed by atoms with Gasteiger partial charge in [0, 0.05) is 23.4 Å². The number of anilines is 1. The number of hydrogen-bond acceptors (Lipinski definition) is 6. The number of carbonyl (C=O) groups is 2. The van der Waals surface area contributed by atoms with E-state index in [9.17, 15) is 19.7 Å². The van der Waals surface area contributed by atoms with Gasteiger partial charge in [-0.05, 0) is 62.7 Å². The van der Waals surface area contributed by atoms with E-state index in [1.807, 2.05) is 0 Å². The Bertz CT molecular complexity index is 892. The summed E-state index contributed by atoms with van der Waals surface area (Å²) in [5.74, 6) is 0.464. The van der Waals surface area contributed by atoms with Gasteiger partial charge in [0.25, 0.3) is 5.91 Å². The molecule has 3 aliphatic rings. The highest BCUT2D eigenvalue weighted by Gasteiger charge is 2.34. The molecule has 0 aromatic carbocycles. The molecular formula is C19H25N5O4S2. The standard InChI is InChI=1S/C19H25N5O4S2/c1-29-19(23-24(27)28)21-12-6-7-14-13(8-12)15(17(26)20-9-10-2-3-10)18(30-14)22-16(25)11-4-5-11/h10-12H,2-9H2,1H3,(H,20,26)(H,21,23)(H,22,25). The quantitative estimate of drug-likeness (QED) is 0.253. The summed E-state index contributed by atoms with van der Waals surface area (Å²) in [7, 11) is 0. The molecule has 0 spiro atoms. The average molecular weight is 452 g/mol. The lowest BCUT2D eigenvalue weighted by atomic mass is 9.91. The van der Waals surface area contributed by atoms with E-state index in [2.05, 4.69) is 21.1 Å². The van der Waals surface area contributed by atoms with Crippen LogP contribution in [0.3, 0.4) is 0 Å². The van der Waals surface area contributed by atoms with Crippen LogP contribution in [0.1, 0.15) is 52.9 Å². The van der Waals surface area contributed by atoms with Gasteiger partial charge in [-0.2, -0.15) is 0 Å². The molecule has 2 saturated carbocycles. The molecule has 1 unspecified atom stereocenters. The molecule has 4 rings (SSSR count). The second-order valence-electron chi connectivity index (χ2n) is 8.06. The first kappa shape index (κ1) is 21.1. The molecular weight excluding hydrogens is 426 g/mol. The van der Waals surface area contributed by atoms with Gasteiger partial charge < -0.3 is 16.0 Å². The molecule has 3 aliphatic carbocycles. The van der Waals surface area contributed by atoms with Gasteiger partial charge in [0.2, 0.25) is 11.1 Å². The Labute approximate surface area is 182 Å². The van der Waals surface area contributed by atoms with E-state index in [4.69, 9.17) is 0 Å². The molecule has 0 radical (unpaired) electrons. The lowest BCUT2D eigenvalue weighted by Crippen LogP contribution is -2.38. The number of carbonyl (C=O) groups excluding carboxylic acids is 2. The van der Waals surface area contributed by atoms with Crippen molar-refractivity contribution < 1.29 is 14.6 Å². The molecule has 30 heavy (non-hydrogen) atoms. The molecule has 0 bridgehead atoms. The number of hydrazone groups is 1. The second-order valence-corrected chi connectivity index (χ2v) is 9.96. The number of nitrogens with one attached hydrogen (secondary N) is 3. The maximum absolute atomic E-state index is 13.0. The highest BCUT2D eigenvalue weighted by Crippen LogP contribution is 2.40. The Balaban J connectivity index is 1.55. The molecule has 1 heterocycles. The second kappa shape index (κ2) is 8.93. The molecule has 9 nitrogen and oxygen atoms in total. The number of thiophene rings is 1. The number of rotatable bonds is 7. The van der Waals surface area contributed by atoms with E-state index in [-0.39, 0.29) is 28.9 Å². The topological polar surface area (TPSA) is 126 Å². The Hall–Kier alpha value is -2.14. The zero-order valence-electron chi connectivity index (χ0n) is 16.7. The van der Waals surface area contributed by atoms with Crippen molar-refractivity contribution in [1.29, 1.82) is 0 Å². The Morgan fingerprint density at radius 1 is 1.27 bits per heavy atom. The first-order valence-electron chi connectivity index (χ1n) is 10.2. The third kappa shape index (κ3) is 5.12. The smallest absolute Gasteiger partial charge is 0.254 e. The number of fused-ring (bicyclic) bond motifs is 1. The molecule has 1 aromatic heterocycles. The number of thioether (sulfide) groups is 1. The number of nitrogens with zero attached hydrogens (tertiary/aromatic N) is 2. The van der Waals surface area contributed by atoms with Crippen LogP contribution in [0.5, 0.6) is 0 Å². The fourth-order valence-corrected chi connectivity index (χ4v) is 5.30. The average Bonchev–Trinajstić information content (AvgIpc) is 3.61. The molecule has 1 aromatic rings. The lowest BCUT2D eigenvalue weighted by molar-refractivity contribution is -0.484. The molecule has 1 atom stereocenters. The summed E-state index contributed by atoms with van der Waals surface area (Å²) in [6.45, 7) is 0.660. The van der Waals surface area contributed by atoms with Crippen LogP contribution in [-0.4, -0.2) is 40.9 Å². The predicted octanol–water partition coefficient (Wildman–Crippen LogP) is 2.59. The van der Waals surface area contributed by atoms with Crippen LogP contribution in [0.2, 0.25) is 0 Å². The lowest BCUT2D eigenvalue weighted by Gasteiger charge is -2.24. The van der Waals surface area contributed by atoms with Crippen molar-refractivity contribution in [2.75, 3.05) is 18.1 Å². The Kier molecular flexibility index (Phi) is 6.28.